The summed E-state index contributed by atoms with van der Waals surface area (Å²) in [5.41, 5.74) is 3.04. The lowest BCUT2D eigenvalue weighted by atomic mass is 10.0. The molecule has 5 heteroatoms. The average Bonchev–Trinajstić information content (AvgIpc) is 3.38. The van der Waals surface area contributed by atoms with Gasteiger partial charge in [-0.05, 0) is 54.7 Å². The number of methoxy groups -OCH3 is 1. The Morgan fingerprint density at radius 2 is 1.93 bits per heavy atom. The lowest BCUT2D eigenvalue weighted by Crippen LogP contribution is -2.31. The molecule has 2 aromatic rings. The molecule has 2 aliphatic heterocycles. The number of carbonyl (C=O) groups is 2. The molecule has 4 rings (SSSR count). The lowest BCUT2D eigenvalue weighted by Gasteiger charge is -2.25. The largest absolute Gasteiger partial charge is 0.497 e. The van der Waals surface area contributed by atoms with Gasteiger partial charge in [0.2, 0.25) is 11.8 Å². The topological polar surface area (TPSA) is 49.9 Å². The molecule has 2 amide bonds. The third-order valence-corrected chi connectivity index (χ3v) is 5.73. The first kappa shape index (κ1) is 18.5. The number of hydrogen-bond acceptors (Lipinski definition) is 3. The highest BCUT2D eigenvalue weighted by atomic mass is 16.5. The molecule has 28 heavy (non-hydrogen) atoms. The fraction of sp³-hybridized carbons (Fsp3) is 0.391. The van der Waals surface area contributed by atoms with Gasteiger partial charge in [0.15, 0.2) is 0 Å². The molecule has 2 aliphatic rings. The van der Waals surface area contributed by atoms with E-state index in [2.05, 4.69) is 6.07 Å². The highest BCUT2D eigenvalue weighted by Crippen LogP contribution is 2.34. The molecular formula is C23H26N2O3. The summed E-state index contributed by atoms with van der Waals surface area (Å²) in [7, 11) is 1.66. The van der Waals surface area contributed by atoms with Crippen LogP contribution in [0.15, 0.2) is 48.5 Å². The highest BCUT2D eigenvalue weighted by Gasteiger charge is 2.30. The Hall–Kier alpha value is -2.82. The second-order valence-corrected chi connectivity index (χ2v) is 7.51. The zero-order chi connectivity index (χ0) is 19.5. The summed E-state index contributed by atoms with van der Waals surface area (Å²) in [6, 6.07) is 16.0. The van der Waals surface area contributed by atoms with E-state index in [1.165, 1.54) is 0 Å². The van der Waals surface area contributed by atoms with E-state index >= 15 is 0 Å². The Kier molecular flexibility index (Phi) is 5.33. The highest BCUT2D eigenvalue weighted by molar-refractivity contribution is 5.95. The van der Waals surface area contributed by atoms with Gasteiger partial charge in [-0.3, -0.25) is 9.59 Å². The molecule has 2 aromatic carbocycles. The normalized spacial score (nSPS) is 19.3. The minimum Gasteiger partial charge on any atom is -0.497 e. The van der Waals surface area contributed by atoms with Gasteiger partial charge in [0.05, 0.1) is 19.6 Å². The van der Waals surface area contributed by atoms with Crippen molar-refractivity contribution in [2.75, 3.05) is 25.1 Å². The summed E-state index contributed by atoms with van der Waals surface area (Å²) < 4.78 is 5.34. The molecule has 1 unspecified atom stereocenters. The van der Waals surface area contributed by atoms with Crippen molar-refractivity contribution in [3.8, 4) is 5.75 Å². The van der Waals surface area contributed by atoms with E-state index in [1.807, 2.05) is 52.3 Å². The first-order chi connectivity index (χ1) is 13.7. The van der Waals surface area contributed by atoms with Crippen LogP contribution < -0.4 is 9.64 Å². The van der Waals surface area contributed by atoms with E-state index in [9.17, 15) is 9.59 Å². The molecule has 0 aromatic heterocycles. The second-order valence-electron chi connectivity index (χ2n) is 7.51. The van der Waals surface area contributed by atoms with Gasteiger partial charge in [-0.25, -0.2) is 0 Å². The first-order valence-electron chi connectivity index (χ1n) is 9.98. The van der Waals surface area contributed by atoms with Crippen molar-refractivity contribution in [3.63, 3.8) is 0 Å². The Morgan fingerprint density at radius 3 is 2.64 bits per heavy atom. The maximum Gasteiger partial charge on any atom is 0.227 e. The van der Waals surface area contributed by atoms with Crippen LogP contribution in [-0.2, 0) is 16.0 Å². The number of likely N-dealkylation sites (tertiary alicyclic amines) is 1. The Balaban J connectivity index is 1.44. The second kappa shape index (κ2) is 8.05. The molecule has 146 valence electrons. The summed E-state index contributed by atoms with van der Waals surface area (Å²) in [5.74, 6) is 1.15. The lowest BCUT2D eigenvalue weighted by molar-refractivity contribution is -0.131. The molecule has 0 aliphatic carbocycles. The third kappa shape index (κ3) is 3.75. The van der Waals surface area contributed by atoms with Crippen LogP contribution >= 0.6 is 0 Å². The maximum atomic E-state index is 13.0. The van der Waals surface area contributed by atoms with Crippen molar-refractivity contribution >= 4 is 17.5 Å². The van der Waals surface area contributed by atoms with Crippen molar-refractivity contribution in [2.24, 2.45) is 0 Å². The molecular weight excluding hydrogens is 352 g/mol. The van der Waals surface area contributed by atoms with Crippen LogP contribution in [0.2, 0.25) is 0 Å². The molecule has 0 radical (unpaired) electrons. The number of anilines is 1. The minimum absolute atomic E-state index is 0.115. The zero-order valence-corrected chi connectivity index (χ0v) is 16.3. The fourth-order valence-electron chi connectivity index (χ4n) is 4.25. The van der Waals surface area contributed by atoms with Crippen molar-refractivity contribution < 1.29 is 14.3 Å². The van der Waals surface area contributed by atoms with Crippen LogP contribution in [0.3, 0.4) is 0 Å². The predicted octanol–water partition coefficient (Wildman–Crippen LogP) is 3.73. The van der Waals surface area contributed by atoms with Crippen LogP contribution in [0.1, 0.15) is 42.9 Å². The molecule has 5 nitrogen and oxygen atoms in total. The van der Waals surface area contributed by atoms with Crippen molar-refractivity contribution in [3.05, 3.63) is 59.7 Å². The molecule has 0 bridgehead atoms. The number of nitrogens with zero attached hydrogens (tertiary/aromatic N) is 2. The van der Waals surface area contributed by atoms with Crippen LogP contribution in [0.4, 0.5) is 5.69 Å². The standard InChI is InChI=1S/C23H26N2O3/c1-28-20-6-2-5-18(16-20)21-7-3-14-25(21)23(27)15-17-9-11-19(12-10-17)24-13-4-8-22(24)26/h2,5-6,9-12,16,21H,3-4,7-8,13-15H2,1H3. The van der Waals surface area contributed by atoms with Crippen molar-refractivity contribution in [1.82, 2.24) is 4.90 Å². The van der Waals surface area contributed by atoms with Gasteiger partial charge in [-0.1, -0.05) is 24.3 Å². The van der Waals surface area contributed by atoms with E-state index in [0.717, 1.165) is 54.9 Å². The number of hydrogen-bond donors (Lipinski definition) is 0. The van der Waals surface area contributed by atoms with Crippen LogP contribution in [0.25, 0.3) is 0 Å². The number of carbonyl (C=O) groups excluding carboxylic acids is 2. The molecule has 0 saturated carbocycles. The monoisotopic (exact) mass is 378 g/mol. The van der Waals surface area contributed by atoms with Crippen molar-refractivity contribution in [2.45, 2.75) is 38.1 Å². The molecule has 0 spiro atoms. The molecule has 2 saturated heterocycles. The Labute approximate surface area is 165 Å². The molecule has 0 N–H and O–H groups in total. The summed E-state index contributed by atoms with van der Waals surface area (Å²) in [5, 5.41) is 0. The fourth-order valence-corrected chi connectivity index (χ4v) is 4.25. The third-order valence-electron chi connectivity index (χ3n) is 5.73. The summed E-state index contributed by atoms with van der Waals surface area (Å²) in [6.45, 7) is 1.58. The number of benzene rings is 2. The van der Waals surface area contributed by atoms with E-state index in [1.54, 1.807) is 7.11 Å². The Morgan fingerprint density at radius 1 is 1.11 bits per heavy atom. The molecule has 2 heterocycles. The number of ether oxygens (including phenoxy) is 1. The SMILES string of the molecule is COc1cccc(C2CCCN2C(=O)Cc2ccc(N3CCCC3=O)cc2)c1. The quantitative estimate of drug-likeness (QED) is 0.797. The van der Waals surface area contributed by atoms with Crippen molar-refractivity contribution in [1.29, 1.82) is 0 Å². The average molecular weight is 378 g/mol. The maximum absolute atomic E-state index is 13.0. The predicted molar refractivity (Wildman–Crippen MR) is 108 cm³/mol. The van der Waals surface area contributed by atoms with Gasteiger partial charge in [0.1, 0.15) is 5.75 Å². The van der Waals surface area contributed by atoms with Gasteiger partial charge in [0, 0.05) is 25.2 Å². The first-order valence-corrected chi connectivity index (χ1v) is 9.98. The van der Waals surface area contributed by atoms with Gasteiger partial charge in [0.25, 0.3) is 0 Å². The van der Waals surface area contributed by atoms with Gasteiger partial charge in [-0.15, -0.1) is 0 Å². The van der Waals surface area contributed by atoms with E-state index < -0.39 is 0 Å². The summed E-state index contributed by atoms with van der Waals surface area (Å²) in [6.07, 6.45) is 3.92. The van der Waals surface area contributed by atoms with Gasteiger partial charge in [-0.2, -0.15) is 0 Å². The number of rotatable bonds is 5. The summed E-state index contributed by atoms with van der Waals surface area (Å²) >= 11 is 0. The van der Waals surface area contributed by atoms with Crippen LogP contribution in [0.5, 0.6) is 5.75 Å². The smallest absolute Gasteiger partial charge is 0.227 e. The van der Waals surface area contributed by atoms with Crippen LogP contribution in [-0.4, -0.2) is 36.9 Å². The minimum atomic E-state index is 0.115. The molecule has 1 atom stereocenters. The summed E-state index contributed by atoms with van der Waals surface area (Å²) in [4.78, 5) is 28.7. The van der Waals surface area contributed by atoms with E-state index in [0.29, 0.717) is 12.8 Å². The van der Waals surface area contributed by atoms with E-state index in [-0.39, 0.29) is 17.9 Å². The zero-order valence-electron chi connectivity index (χ0n) is 16.3. The van der Waals surface area contributed by atoms with E-state index in [4.69, 9.17) is 4.74 Å². The number of amides is 2. The van der Waals surface area contributed by atoms with Gasteiger partial charge >= 0.3 is 0 Å². The Bertz CT molecular complexity index is 862. The van der Waals surface area contributed by atoms with Gasteiger partial charge < -0.3 is 14.5 Å². The van der Waals surface area contributed by atoms with Crippen LogP contribution in [0, 0.1) is 0 Å². The molecule has 2 fully saturated rings.